The molecule has 0 aromatic heterocycles. The summed E-state index contributed by atoms with van der Waals surface area (Å²) in [5, 5.41) is 21.0. The Labute approximate surface area is 235 Å². The highest BCUT2D eigenvalue weighted by Crippen LogP contribution is 2.62. The minimum absolute atomic E-state index is 0.0561. The van der Waals surface area contributed by atoms with Gasteiger partial charge in [0.2, 0.25) is 0 Å². The van der Waals surface area contributed by atoms with E-state index in [4.69, 9.17) is 0 Å². The number of halogens is 3. The molecule has 2 N–H and O–H groups in total. The third-order valence-corrected chi connectivity index (χ3v) is 11.9. The standard InChI is InChI=1S/C32H49F3O3S/c1-31-18-16-27-26-13-12-25(36)22-24(26)21-23(30(27)28(31)14-15-29(31)37)11-7-5-3-2-4-6-9-19-39(38)20-10-8-17-32(33,34)35/h12-13,22-23,27-30,36-37H,2-11,14-21H2,1H3/t23-,27?,28?,29+,30?,31+,39?/m1/s1. The van der Waals surface area contributed by atoms with Gasteiger partial charge in [-0.05, 0) is 110 Å². The van der Waals surface area contributed by atoms with Gasteiger partial charge in [0.15, 0.2) is 0 Å². The van der Waals surface area contributed by atoms with Crippen molar-refractivity contribution in [3.63, 3.8) is 0 Å². The number of aliphatic hydroxyl groups excluding tert-OH is 1. The number of aliphatic hydroxyl groups is 1. The van der Waals surface area contributed by atoms with Crippen molar-refractivity contribution in [2.24, 2.45) is 23.2 Å². The molecule has 7 atom stereocenters. The summed E-state index contributed by atoms with van der Waals surface area (Å²) in [5.41, 5.74) is 2.83. The maximum atomic E-state index is 12.2. The quantitative estimate of drug-likeness (QED) is 0.221. The molecule has 0 bridgehead atoms. The van der Waals surface area contributed by atoms with Crippen LogP contribution in [-0.2, 0) is 17.2 Å². The second kappa shape index (κ2) is 13.7. The van der Waals surface area contributed by atoms with E-state index < -0.39 is 23.4 Å². The fourth-order valence-electron chi connectivity index (χ4n) is 8.28. The van der Waals surface area contributed by atoms with E-state index >= 15 is 0 Å². The predicted molar refractivity (Wildman–Crippen MR) is 152 cm³/mol. The molecule has 0 saturated heterocycles. The molecule has 1 aromatic carbocycles. The molecule has 4 unspecified atom stereocenters. The molecule has 222 valence electrons. The first-order valence-corrected chi connectivity index (χ1v) is 17.0. The van der Waals surface area contributed by atoms with E-state index in [0.29, 0.717) is 47.3 Å². The van der Waals surface area contributed by atoms with E-state index in [1.165, 1.54) is 43.2 Å². The third-order valence-electron chi connectivity index (χ3n) is 10.4. The van der Waals surface area contributed by atoms with Crippen molar-refractivity contribution in [2.75, 3.05) is 11.5 Å². The van der Waals surface area contributed by atoms with Crippen LogP contribution in [0.1, 0.15) is 120 Å². The van der Waals surface area contributed by atoms with Crippen LogP contribution in [0.15, 0.2) is 18.2 Å². The molecule has 0 heterocycles. The highest BCUT2D eigenvalue weighted by Gasteiger charge is 2.56. The molecule has 3 nitrogen and oxygen atoms in total. The second-order valence-corrected chi connectivity index (χ2v) is 14.7. The molecule has 39 heavy (non-hydrogen) atoms. The second-order valence-electron chi connectivity index (χ2n) is 13.0. The molecular weight excluding hydrogens is 521 g/mol. The Morgan fingerprint density at radius 1 is 0.949 bits per heavy atom. The lowest BCUT2D eigenvalue weighted by atomic mass is 9.52. The first-order valence-electron chi connectivity index (χ1n) is 15.5. The van der Waals surface area contributed by atoms with E-state index in [2.05, 4.69) is 13.0 Å². The topological polar surface area (TPSA) is 57.5 Å². The van der Waals surface area contributed by atoms with Crippen LogP contribution in [0, 0.1) is 23.2 Å². The largest absolute Gasteiger partial charge is 0.508 e. The Balaban J connectivity index is 1.16. The van der Waals surface area contributed by atoms with Crippen LogP contribution in [-0.4, -0.2) is 38.2 Å². The van der Waals surface area contributed by atoms with Crippen molar-refractivity contribution in [1.82, 2.24) is 0 Å². The van der Waals surface area contributed by atoms with Crippen molar-refractivity contribution in [1.29, 1.82) is 0 Å². The van der Waals surface area contributed by atoms with Crippen LogP contribution in [0.3, 0.4) is 0 Å². The Morgan fingerprint density at radius 3 is 2.33 bits per heavy atom. The molecule has 3 aliphatic carbocycles. The van der Waals surface area contributed by atoms with Gasteiger partial charge in [-0.2, -0.15) is 13.2 Å². The van der Waals surface area contributed by atoms with Crippen LogP contribution in [0.2, 0.25) is 0 Å². The van der Waals surface area contributed by atoms with Gasteiger partial charge in [0.1, 0.15) is 5.75 Å². The number of hydrogen-bond donors (Lipinski definition) is 2. The van der Waals surface area contributed by atoms with E-state index in [-0.39, 0.29) is 17.9 Å². The molecular formula is C32H49F3O3S. The van der Waals surface area contributed by atoms with Gasteiger partial charge < -0.3 is 10.2 Å². The van der Waals surface area contributed by atoms with Crippen LogP contribution in [0.5, 0.6) is 5.75 Å². The Kier molecular flexibility index (Phi) is 10.9. The number of fused-ring (bicyclic) bond motifs is 5. The SMILES string of the molecule is C[C@]12CCC3c4ccc(O)cc4C[C@@H](CCCCCCCCCS(=O)CCCCC(F)(F)F)C3C1CC[C@@H]2O. The van der Waals surface area contributed by atoms with Gasteiger partial charge in [-0.1, -0.05) is 51.5 Å². The van der Waals surface area contributed by atoms with Crippen molar-refractivity contribution < 1.29 is 27.6 Å². The number of phenols is 1. The molecule has 7 heteroatoms. The van der Waals surface area contributed by atoms with Crippen LogP contribution >= 0.6 is 0 Å². The number of aromatic hydroxyl groups is 1. The minimum atomic E-state index is -4.10. The fourth-order valence-corrected chi connectivity index (χ4v) is 9.53. The van der Waals surface area contributed by atoms with Gasteiger partial charge in [-0.3, -0.25) is 4.21 Å². The number of alkyl halides is 3. The highest BCUT2D eigenvalue weighted by atomic mass is 32.2. The third kappa shape index (κ3) is 8.02. The molecule has 0 aliphatic heterocycles. The van der Waals surface area contributed by atoms with Crippen molar-refractivity contribution in [2.45, 2.75) is 128 Å². The Hall–Kier alpha value is -1.08. The summed E-state index contributed by atoms with van der Waals surface area (Å²) in [5.74, 6) is 3.77. The van der Waals surface area contributed by atoms with Gasteiger partial charge in [0.25, 0.3) is 0 Å². The normalized spacial score (nSPS) is 30.9. The monoisotopic (exact) mass is 570 g/mol. The highest BCUT2D eigenvalue weighted by molar-refractivity contribution is 7.84. The zero-order chi connectivity index (χ0) is 28.0. The van der Waals surface area contributed by atoms with E-state index in [9.17, 15) is 27.6 Å². The number of rotatable bonds is 14. The molecule has 2 saturated carbocycles. The van der Waals surface area contributed by atoms with Crippen LogP contribution in [0.25, 0.3) is 0 Å². The molecule has 0 radical (unpaired) electrons. The summed E-state index contributed by atoms with van der Waals surface area (Å²) in [7, 11) is -0.988. The Morgan fingerprint density at radius 2 is 1.62 bits per heavy atom. The lowest BCUT2D eigenvalue weighted by Crippen LogP contribution is -2.47. The average Bonchev–Trinajstić information content (AvgIpc) is 3.18. The summed E-state index contributed by atoms with van der Waals surface area (Å²) in [4.78, 5) is 0. The predicted octanol–water partition coefficient (Wildman–Crippen LogP) is 8.44. The molecule has 1 aromatic rings. The maximum Gasteiger partial charge on any atom is 0.389 e. The van der Waals surface area contributed by atoms with Crippen molar-refractivity contribution >= 4 is 10.8 Å². The zero-order valence-corrected chi connectivity index (χ0v) is 24.5. The summed E-state index contributed by atoms with van der Waals surface area (Å²) in [6.45, 7) is 2.33. The Bertz CT molecular complexity index is 951. The van der Waals surface area contributed by atoms with E-state index in [1.54, 1.807) is 0 Å². The zero-order valence-electron chi connectivity index (χ0n) is 23.7. The number of phenolic OH excluding ortho intramolecular Hbond substituents is 1. The molecule has 2 fully saturated rings. The van der Waals surface area contributed by atoms with E-state index in [0.717, 1.165) is 51.4 Å². The minimum Gasteiger partial charge on any atom is -0.508 e. The molecule has 0 amide bonds. The van der Waals surface area contributed by atoms with Gasteiger partial charge in [0.05, 0.1) is 6.10 Å². The lowest BCUT2D eigenvalue weighted by Gasteiger charge is -2.53. The van der Waals surface area contributed by atoms with E-state index in [1.807, 2.05) is 12.1 Å². The smallest absolute Gasteiger partial charge is 0.389 e. The summed E-state index contributed by atoms with van der Waals surface area (Å²) < 4.78 is 48.6. The van der Waals surface area contributed by atoms with Crippen LogP contribution in [0.4, 0.5) is 13.2 Å². The number of benzene rings is 1. The van der Waals surface area contributed by atoms with Gasteiger partial charge in [0, 0.05) is 28.7 Å². The first kappa shape index (κ1) is 30.9. The summed E-state index contributed by atoms with van der Waals surface area (Å²) in [6.07, 6.45) is 9.89. The van der Waals surface area contributed by atoms with Crippen LogP contribution < -0.4 is 0 Å². The molecule has 3 aliphatic rings. The maximum absolute atomic E-state index is 12.2. The van der Waals surface area contributed by atoms with Gasteiger partial charge in [-0.15, -0.1) is 0 Å². The molecule has 4 rings (SSSR count). The summed E-state index contributed by atoms with van der Waals surface area (Å²) >= 11 is 0. The van der Waals surface area contributed by atoms with Gasteiger partial charge >= 0.3 is 6.18 Å². The van der Waals surface area contributed by atoms with Gasteiger partial charge in [-0.25, -0.2) is 0 Å². The number of hydrogen-bond acceptors (Lipinski definition) is 3. The summed E-state index contributed by atoms with van der Waals surface area (Å²) in [6, 6.07) is 6.01. The van der Waals surface area contributed by atoms with Crippen molar-refractivity contribution in [3.05, 3.63) is 29.3 Å². The lowest BCUT2D eigenvalue weighted by molar-refractivity contribution is -0.135. The fraction of sp³-hybridized carbons (Fsp3) is 0.812. The molecule has 0 spiro atoms. The first-order chi connectivity index (χ1) is 18.6. The van der Waals surface area contributed by atoms with Crippen molar-refractivity contribution in [3.8, 4) is 5.75 Å². The average molecular weight is 571 g/mol. The number of unbranched alkanes of at least 4 members (excludes halogenated alkanes) is 7.